The highest BCUT2D eigenvalue weighted by Crippen LogP contribution is 2.28. The summed E-state index contributed by atoms with van der Waals surface area (Å²) in [5.41, 5.74) is 2.10. The number of methoxy groups -OCH3 is 1. The van der Waals surface area contributed by atoms with Gasteiger partial charge in [-0.05, 0) is 35.6 Å². The molecule has 7 nitrogen and oxygen atoms in total. The lowest BCUT2D eigenvalue weighted by Crippen LogP contribution is -2.28. The van der Waals surface area contributed by atoms with Crippen molar-refractivity contribution < 1.29 is 14.3 Å². The predicted molar refractivity (Wildman–Crippen MR) is 101 cm³/mol. The first-order valence-corrected chi connectivity index (χ1v) is 9.61. The molecule has 4 rings (SSSR count). The number of benzene rings is 1. The molecule has 1 aliphatic rings. The molecule has 1 amide bonds. The Bertz CT molecular complexity index is 906. The monoisotopic (exact) mass is 384 g/mol. The van der Waals surface area contributed by atoms with E-state index in [4.69, 9.17) is 9.47 Å². The molecule has 8 heteroatoms. The molecule has 0 aliphatic carbocycles. The van der Waals surface area contributed by atoms with Crippen LogP contribution in [-0.4, -0.2) is 34.6 Å². The molecule has 0 spiro atoms. The Morgan fingerprint density at radius 1 is 1.37 bits per heavy atom. The van der Waals surface area contributed by atoms with Gasteiger partial charge in [-0.25, -0.2) is 4.68 Å². The lowest BCUT2D eigenvalue weighted by atomic mass is 10.1. The smallest absolute Gasteiger partial charge is 0.273 e. The molecule has 1 atom stereocenters. The average molecular weight is 384 g/mol. The number of carbonyl (C=O) groups is 1. The van der Waals surface area contributed by atoms with E-state index in [2.05, 4.69) is 21.7 Å². The van der Waals surface area contributed by atoms with Crippen LogP contribution in [0, 0.1) is 0 Å². The summed E-state index contributed by atoms with van der Waals surface area (Å²) in [4.78, 5) is 13.7. The molecule has 3 aromatic rings. The quantitative estimate of drug-likeness (QED) is 0.707. The number of aromatic nitrogens is 3. The van der Waals surface area contributed by atoms with E-state index in [1.807, 2.05) is 35.7 Å². The van der Waals surface area contributed by atoms with Crippen molar-refractivity contribution in [3.05, 3.63) is 63.6 Å². The molecule has 0 saturated carbocycles. The zero-order chi connectivity index (χ0) is 18.6. The molecule has 0 unspecified atom stereocenters. The Balaban J connectivity index is 1.39. The summed E-state index contributed by atoms with van der Waals surface area (Å²) < 4.78 is 12.9. The van der Waals surface area contributed by atoms with Crippen LogP contribution >= 0.6 is 11.3 Å². The van der Waals surface area contributed by atoms with Gasteiger partial charge in [0.25, 0.3) is 5.91 Å². The maximum Gasteiger partial charge on any atom is 0.273 e. The number of carbonyl (C=O) groups excluding carboxylic acids is 1. The number of hydrogen-bond donors (Lipinski definition) is 1. The third kappa shape index (κ3) is 3.86. The van der Waals surface area contributed by atoms with Crippen molar-refractivity contribution in [2.45, 2.75) is 25.7 Å². The second kappa shape index (κ2) is 7.89. The number of hydrogen-bond acceptors (Lipinski definition) is 6. The van der Waals surface area contributed by atoms with Gasteiger partial charge < -0.3 is 14.8 Å². The number of ether oxygens (including phenoxy) is 2. The average Bonchev–Trinajstić information content (AvgIpc) is 3.37. The largest absolute Gasteiger partial charge is 0.497 e. The Kier molecular flexibility index (Phi) is 5.17. The summed E-state index contributed by atoms with van der Waals surface area (Å²) in [6.07, 6.45) is 0.683. The van der Waals surface area contributed by atoms with Gasteiger partial charge in [-0.2, -0.15) is 0 Å². The van der Waals surface area contributed by atoms with Crippen LogP contribution in [0.3, 0.4) is 0 Å². The third-order valence-electron chi connectivity index (χ3n) is 4.54. The van der Waals surface area contributed by atoms with Crippen molar-refractivity contribution in [1.29, 1.82) is 0 Å². The summed E-state index contributed by atoms with van der Waals surface area (Å²) in [7, 11) is 1.64. The maximum atomic E-state index is 12.4. The van der Waals surface area contributed by atoms with E-state index < -0.39 is 0 Å². The number of thiophene rings is 1. The number of nitrogens with zero attached hydrogens (tertiary/aromatic N) is 3. The van der Waals surface area contributed by atoms with Crippen LogP contribution in [0.1, 0.15) is 32.7 Å². The van der Waals surface area contributed by atoms with E-state index in [1.165, 1.54) is 4.88 Å². The van der Waals surface area contributed by atoms with Crippen molar-refractivity contribution >= 4 is 17.2 Å². The van der Waals surface area contributed by atoms with Gasteiger partial charge in [-0.3, -0.25) is 4.79 Å². The Labute approximate surface area is 160 Å². The van der Waals surface area contributed by atoms with E-state index in [9.17, 15) is 4.79 Å². The number of rotatable bonds is 6. The number of nitrogens with one attached hydrogen (secondary N) is 1. The summed E-state index contributed by atoms with van der Waals surface area (Å²) >= 11 is 1.68. The standard InChI is InChI=1S/C19H20N4O3S/c1-25-14-6-4-13(5-7-14)17-11-23-16(12-26-17)18(21-22-23)19(24)20-9-8-15-3-2-10-27-15/h2-7,10,17H,8-9,11-12H2,1H3,(H,20,24)/t17-/m0/s1. The third-order valence-corrected chi connectivity index (χ3v) is 5.47. The molecule has 0 radical (unpaired) electrons. The van der Waals surface area contributed by atoms with Crippen LogP contribution in [0.15, 0.2) is 41.8 Å². The number of amides is 1. The fourth-order valence-corrected chi connectivity index (χ4v) is 3.75. The Morgan fingerprint density at radius 2 is 2.22 bits per heavy atom. The first kappa shape index (κ1) is 17.7. The highest BCUT2D eigenvalue weighted by molar-refractivity contribution is 7.09. The van der Waals surface area contributed by atoms with E-state index in [0.717, 1.165) is 17.7 Å². The molecule has 1 N–H and O–H groups in total. The van der Waals surface area contributed by atoms with Crippen molar-refractivity contribution in [2.75, 3.05) is 13.7 Å². The second-order valence-electron chi connectivity index (χ2n) is 6.22. The molecule has 140 valence electrons. The van der Waals surface area contributed by atoms with Gasteiger partial charge in [-0.1, -0.05) is 23.4 Å². The van der Waals surface area contributed by atoms with Gasteiger partial charge in [0.15, 0.2) is 5.69 Å². The SMILES string of the molecule is COc1ccc([C@@H]2Cn3nnc(C(=O)NCCc4cccs4)c3CO2)cc1. The van der Waals surface area contributed by atoms with Crippen molar-refractivity contribution in [3.63, 3.8) is 0 Å². The summed E-state index contributed by atoms with van der Waals surface area (Å²) in [5, 5.41) is 13.2. The van der Waals surface area contributed by atoms with E-state index in [-0.39, 0.29) is 12.0 Å². The van der Waals surface area contributed by atoms with E-state index >= 15 is 0 Å². The lowest BCUT2D eigenvalue weighted by molar-refractivity contribution is -0.00179. The molecular weight excluding hydrogens is 364 g/mol. The minimum absolute atomic E-state index is 0.125. The molecule has 0 saturated heterocycles. The molecule has 1 aliphatic heterocycles. The van der Waals surface area contributed by atoms with Gasteiger partial charge >= 0.3 is 0 Å². The molecule has 27 heavy (non-hydrogen) atoms. The van der Waals surface area contributed by atoms with Crippen LogP contribution in [-0.2, 0) is 24.3 Å². The van der Waals surface area contributed by atoms with Gasteiger partial charge in [-0.15, -0.1) is 16.4 Å². The normalized spacial score (nSPS) is 16.0. The fraction of sp³-hybridized carbons (Fsp3) is 0.316. The van der Waals surface area contributed by atoms with Gasteiger partial charge in [0.05, 0.1) is 26.0 Å². The van der Waals surface area contributed by atoms with Crippen LogP contribution in [0.4, 0.5) is 0 Å². The van der Waals surface area contributed by atoms with Crippen molar-refractivity contribution in [1.82, 2.24) is 20.3 Å². The summed E-state index contributed by atoms with van der Waals surface area (Å²) in [6, 6.07) is 11.8. The van der Waals surface area contributed by atoms with E-state index in [0.29, 0.717) is 31.1 Å². The molecule has 2 aromatic heterocycles. The first-order chi connectivity index (χ1) is 13.2. The van der Waals surface area contributed by atoms with E-state index in [1.54, 1.807) is 23.1 Å². The topological polar surface area (TPSA) is 78.3 Å². The van der Waals surface area contributed by atoms with Crippen LogP contribution in [0.2, 0.25) is 0 Å². The van der Waals surface area contributed by atoms with Crippen LogP contribution in [0.25, 0.3) is 0 Å². The van der Waals surface area contributed by atoms with Crippen LogP contribution < -0.4 is 10.1 Å². The Morgan fingerprint density at radius 3 is 2.96 bits per heavy atom. The zero-order valence-corrected chi connectivity index (χ0v) is 15.7. The minimum atomic E-state index is -0.209. The van der Waals surface area contributed by atoms with Gasteiger partial charge in [0.1, 0.15) is 11.9 Å². The second-order valence-corrected chi connectivity index (χ2v) is 7.26. The zero-order valence-electron chi connectivity index (χ0n) is 14.9. The van der Waals surface area contributed by atoms with Crippen molar-refractivity contribution in [2.24, 2.45) is 0 Å². The molecule has 0 fully saturated rings. The number of fused-ring (bicyclic) bond motifs is 1. The Hall–Kier alpha value is -2.71. The highest BCUT2D eigenvalue weighted by Gasteiger charge is 2.27. The fourth-order valence-electron chi connectivity index (χ4n) is 3.05. The lowest BCUT2D eigenvalue weighted by Gasteiger charge is -2.24. The molecule has 1 aromatic carbocycles. The van der Waals surface area contributed by atoms with Crippen molar-refractivity contribution in [3.8, 4) is 5.75 Å². The predicted octanol–water partition coefficient (Wildman–Crippen LogP) is 2.59. The minimum Gasteiger partial charge on any atom is -0.497 e. The highest BCUT2D eigenvalue weighted by atomic mass is 32.1. The van der Waals surface area contributed by atoms with Gasteiger partial charge in [0.2, 0.25) is 0 Å². The van der Waals surface area contributed by atoms with Gasteiger partial charge in [0, 0.05) is 11.4 Å². The molecular formula is C19H20N4O3S. The molecule has 0 bridgehead atoms. The maximum absolute atomic E-state index is 12.4. The summed E-state index contributed by atoms with van der Waals surface area (Å²) in [5.74, 6) is 0.594. The van der Waals surface area contributed by atoms with Crippen LogP contribution in [0.5, 0.6) is 5.75 Å². The summed E-state index contributed by atoms with van der Waals surface area (Å²) in [6.45, 7) is 1.40. The first-order valence-electron chi connectivity index (χ1n) is 8.73. The molecule has 3 heterocycles.